The summed E-state index contributed by atoms with van der Waals surface area (Å²) in [5.41, 5.74) is 0.447. The summed E-state index contributed by atoms with van der Waals surface area (Å²) >= 11 is 8.06. The lowest BCUT2D eigenvalue weighted by molar-refractivity contribution is -0.113. The van der Waals surface area contributed by atoms with E-state index in [1.807, 2.05) is 0 Å². The van der Waals surface area contributed by atoms with Gasteiger partial charge < -0.3 is 24.1 Å². The second-order valence-corrected chi connectivity index (χ2v) is 9.69. The Hall–Kier alpha value is -3.16. The molecule has 36 heavy (non-hydrogen) atoms. The van der Waals surface area contributed by atoms with Gasteiger partial charge in [0.25, 0.3) is 0 Å². The van der Waals surface area contributed by atoms with Crippen LogP contribution in [0.25, 0.3) is 0 Å². The molecule has 1 unspecified atom stereocenters. The number of amides is 1. The Morgan fingerprint density at radius 1 is 1.22 bits per heavy atom. The number of aromatic nitrogens is 3. The van der Waals surface area contributed by atoms with Crippen molar-refractivity contribution in [2.75, 3.05) is 25.3 Å². The van der Waals surface area contributed by atoms with Crippen molar-refractivity contribution in [2.24, 2.45) is 7.05 Å². The van der Waals surface area contributed by atoms with Gasteiger partial charge in [0.15, 0.2) is 17.1 Å². The predicted octanol–water partition coefficient (Wildman–Crippen LogP) is 4.42. The fraction of sp³-hybridized carbons (Fsp3) is 0.318. The third-order valence-corrected chi connectivity index (χ3v) is 7.43. The maximum Gasteiger partial charge on any atom is 0.348 e. The fourth-order valence-electron chi connectivity index (χ4n) is 3.15. The molecule has 0 bridgehead atoms. The van der Waals surface area contributed by atoms with E-state index in [0.29, 0.717) is 22.3 Å². The minimum atomic E-state index is -0.685. The standard InChI is InChI=1S/C22H22ClFN4O6S2/c1-10-16(20(30)32-4)19(36-17(10)21(31)33-5)25-15(29)9-35-22-27-26-18(28(22)3)11(2)34-14-7-6-12(24)8-13(14)23/h6-8,11H,9H2,1-5H3,(H,25,29). The number of benzene rings is 1. The van der Waals surface area contributed by atoms with Gasteiger partial charge in [0.1, 0.15) is 21.4 Å². The van der Waals surface area contributed by atoms with E-state index in [-0.39, 0.29) is 26.2 Å². The molecule has 0 fully saturated rings. The number of thiophene rings is 1. The summed E-state index contributed by atoms with van der Waals surface area (Å²) in [6.45, 7) is 3.31. The highest BCUT2D eigenvalue weighted by Crippen LogP contribution is 2.34. The molecule has 3 aromatic rings. The number of rotatable bonds is 9. The molecule has 0 aliphatic rings. The van der Waals surface area contributed by atoms with E-state index < -0.39 is 29.8 Å². The number of carbonyl (C=O) groups is 3. The van der Waals surface area contributed by atoms with E-state index in [4.69, 9.17) is 25.8 Å². The molecule has 0 spiro atoms. The van der Waals surface area contributed by atoms with Crippen LogP contribution in [-0.2, 0) is 21.3 Å². The van der Waals surface area contributed by atoms with Crippen molar-refractivity contribution in [3.8, 4) is 5.75 Å². The van der Waals surface area contributed by atoms with Gasteiger partial charge in [-0.05, 0) is 37.6 Å². The summed E-state index contributed by atoms with van der Waals surface area (Å²) in [7, 11) is 4.14. The van der Waals surface area contributed by atoms with E-state index in [1.54, 1.807) is 25.5 Å². The average Bonchev–Trinajstić information content (AvgIpc) is 3.37. The molecule has 0 saturated heterocycles. The van der Waals surface area contributed by atoms with E-state index in [9.17, 15) is 18.8 Å². The number of ether oxygens (including phenoxy) is 3. The highest BCUT2D eigenvalue weighted by atomic mass is 35.5. The average molecular weight is 557 g/mol. The number of methoxy groups -OCH3 is 2. The number of thioether (sulfide) groups is 1. The first-order chi connectivity index (χ1) is 17.1. The van der Waals surface area contributed by atoms with Crippen LogP contribution in [0.1, 0.15) is 44.4 Å². The highest BCUT2D eigenvalue weighted by Gasteiger charge is 2.27. The number of anilines is 1. The molecule has 1 amide bonds. The van der Waals surface area contributed by atoms with Gasteiger partial charge >= 0.3 is 11.9 Å². The summed E-state index contributed by atoms with van der Waals surface area (Å²) in [6.07, 6.45) is -0.568. The van der Waals surface area contributed by atoms with E-state index in [1.165, 1.54) is 26.4 Å². The van der Waals surface area contributed by atoms with Crippen molar-refractivity contribution in [2.45, 2.75) is 25.1 Å². The van der Waals surface area contributed by atoms with Gasteiger partial charge in [-0.3, -0.25) is 4.79 Å². The lowest BCUT2D eigenvalue weighted by Crippen LogP contribution is -2.16. The molecule has 0 radical (unpaired) electrons. The Morgan fingerprint density at radius 3 is 2.56 bits per heavy atom. The molecule has 2 heterocycles. The summed E-state index contributed by atoms with van der Waals surface area (Å²) in [4.78, 5) is 37.1. The summed E-state index contributed by atoms with van der Waals surface area (Å²) in [5, 5.41) is 11.6. The predicted molar refractivity (Wildman–Crippen MR) is 133 cm³/mol. The van der Waals surface area contributed by atoms with Crippen LogP contribution in [0.2, 0.25) is 5.02 Å². The van der Waals surface area contributed by atoms with Crippen LogP contribution in [0.3, 0.4) is 0 Å². The molecule has 1 aromatic carbocycles. The van der Waals surface area contributed by atoms with Gasteiger partial charge in [0.05, 0.1) is 30.6 Å². The van der Waals surface area contributed by atoms with Crippen LogP contribution < -0.4 is 10.1 Å². The van der Waals surface area contributed by atoms with Gasteiger partial charge in [-0.15, -0.1) is 21.5 Å². The molecule has 0 aliphatic heterocycles. The summed E-state index contributed by atoms with van der Waals surface area (Å²) in [6, 6.07) is 3.80. The Balaban J connectivity index is 1.69. The smallest absolute Gasteiger partial charge is 0.348 e. The second kappa shape index (κ2) is 11.7. The fourth-order valence-corrected chi connectivity index (χ4v) is 5.21. The highest BCUT2D eigenvalue weighted by molar-refractivity contribution is 7.99. The number of esters is 2. The Bertz CT molecular complexity index is 1310. The molecule has 192 valence electrons. The van der Waals surface area contributed by atoms with Crippen molar-refractivity contribution in [1.29, 1.82) is 0 Å². The SMILES string of the molecule is COC(=O)c1sc(NC(=O)CSc2nnc(C(C)Oc3ccc(F)cc3Cl)n2C)c(C(=O)OC)c1C. The number of carbonyl (C=O) groups excluding carboxylic acids is 3. The zero-order valence-corrected chi connectivity index (χ0v) is 22.3. The van der Waals surface area contributed by atoms with Crippen LogP contribution in [-0.4, -0.2) is 52.6 Å². The first kappa shape index (κ1) is 27.4. The van der Waals surface area contributed by atoms with Crippen LogP contribution in [0.5, 0.6) is 5.75 Å². The Morgan fingerprint density at radius 2 is 1.92 bits per heavy atom. The quantitative estimate of drug-likeness (QED) is 0.301. The minimum Gasteiger partial charge on any atom is -0.481 e. The molecular formula is C22H22ClFN4O6S2. The number of hydrogen-bond acceptors (Lipinski definition) is 10. The Kier molecular flexibility index (Phi) is 8.93. The van der Waals surface area contributed by atoms with Gasteiger partial charge in [0, 0.05) is 7.05 Å². The second-order valence-electron chi connectivity index (χ2n) is 7.31. The van der Waals surface area contributed by atoms with Crippen molar-refractivity contribution < 1.29 is 33.0 Å². The normalized spacial score (nSPS) is 11.6. The molecule has 1 atom stereocenters. The van der Waals surface area contributed by atoms with Crippen LogP contribution in [0.4, 0.5) is 9.39 Å². The lowest BCUT2D eigenvalue weighted by atomic mass is 10.1. The summed E-state index contributed by atoms with van der Waals surface area (Å²) in [5.74, 6) is -1.53. The first-order valence-corrected chi connectivity index (χ1v) is 12.5. The molecule has 0 saturated carbocycles. The third-order valence-electron chi connectivity index (χ3n) is 4.92. The van der Waals surface area contributed by atoms with E-state index in [0.717, 1.165) is 29.2 Å². The maximum atomic E-state index is 13.3. The van der Waals surface area contributed by atoms with Crippen molar-refractivity contribution in [1.82, 2.24) is 14.8 Å². The minimum absolute atomic E-state index is 0.0594. The molecule has 1 N–H and O–H groups in total. The van der Waals surface area contributed by atoms with Gasteiger partial charge in [-0.1, -0.05) is 23.4 Å². The monoisotopic (exact) mass is 556 g/mol. The number of halogens is 2. The molecular weight excluding hydrogens is 535 g/mol. The van der Waals surface area contributed by atoms with Crippen LogP contribution in [0.15, 0.2) is 23.4 Å². The van der Waals surface area contributed by atoms with Crippen molar-refractivity contribution in [3.05, 3.63) is 50.9 Å². The topological polar surface area (TPSA) is 122 Å². The maximum absolute atomic E-state index is 13.3. The largest absolute Gasteiger partial charge is 0.481 e. The number of hydrogen-bond donors (Lipinski definition) is 1. The zero-order valence-electron chi connectivity index (χ0n) is 19.9. The van der Waals surface area contributed by atoms with Crippen LogP contribution in [0, 0.1) is 12.7 Å². The number of nitrogens with zero attached hydrogens (tertiary/aromatic N) is 3. The molecule has 3 rings (SSSR count). The zero-order chi connectivity index (χ0) is 26.6. The molecule has 2 aromatic heterocycles. The molecule has 10 nitrogen and oxygen atoms in total. The third kappa shape index (κ3) is 5.97. The Labute approximate surface area is 219 Å². The van der Waals surface area contributed by atoms with Gasteiger partial charge in [0.2, 0.25) is 5.91 Å². The van der Waals surface area contributed by atoms with Gasteiger partial charge in [-0.2, -0.15) is 0 Å². The number of nitrogens with one attached hydrogen (secondary N) is 1. The summed E-state index contributed by atoms with van der Waals surface area (Å²) < 4.78 is 30.2. The van der Waals surface area contributed by atoms with E-state index in [2.05, 4.69) is 15.5 Å². The molecule has 0 aliphatic carbocycles. The van der Waals surface area contributed by atoms with E-state index >= 15 is 0 Å². The lowest BCUT2D eigenvalue weighted by Gasteiger charge is -2.15. The first-order valence-electron chi connectivity index (χ1n) is 10.3. The van der Waals surface area contributed by atoms with Crippen molar-refractivity contribution in [3.63, 3.8) is 0 Å². The molecule has 14 heteroatoms. The van der Waals surface area contributed by atoms with Gasteiger partial charge in [-0.25, -0.2) is 14.0 Å². The van der Waals surface area contributed by atoms with Crippen molar-refractivity contribution >= 4 is 57.5 Å². The van der Waals surface area contributed by atoms with Crippen LogP contribution >= 0.6 is 34.7 Å².